The Labute approximate surface area is 119 Å². The van der Waals surface area contributed by atoms with Crippen LogP contribution in [0.25, 0.3) is 0 Å². The first-order valence-electron chi connectivity index (χ1n) is 6.70. The van der Waals surface area contributed by atoms with E-state index in [0.29, 0.717) is 18.7 Å². The van der Waals surface area contributed by atoms with Crippen LogP contribution in [-0.4, -0.2) is 27.3 Å². The van der Waals surface area contributed by atoms with Gasteiger partial charge in [-0.25, -0.2) is 0 Å². The van der Waals surface area contributed by atoms with Crippen LogP contribution in [0.2, 0.25) is 0 Å². The van der Waals surface area contributed by atoms with Crippen LogP contribution in [0.1, 0.15) is 43.4 Å². The number of nitrogens with two attached hydrogens (primary N) is 1. The molecule has 1 fully saturated rings. The van der Waals surface area contributed by atoms with Crippen LogP contribution in [0.3, 0.4) is 0 Å². The van der Waals surface area contributed by atoms with Gasteiger partial charge in [0.05, 0.1) is 0 Å². The van der Waals surface area contributed by atoms with Gasteiger partial charge in [-0.05, 0) is 18.9 Å². The maximum absolute atomic E-state index is 12.1. The number of rotatable bonds is 3. The molecule has 0 atom stereocenters. The van der Waals surface area contributed by atoms with E-state index < -0.39 is 0 Å². The minimum absolute atomic E-state index is 0.220. The second-order valence-corrected chi connectivity index (χ2v) is 5.29. The molecule has 0 unspecified atom stereocenters. The number of amides is 1. The molecule has 0 radical (unpaired) electrons. The summed E-state index contributed by atoms with van der Waals surface area (Å²) in [5, 5.41) is 0. The Bertz CT molecular complexity index is 476. The number of hydrogen-bond acceptors (Lipinski definition) is 3. The van der Waals surface area contributed by atoms with Crippen molar-refractivity contribution in [3.8, 4) is 0 Å². The van der Waals surface area contributed by atoms with E-state index in [2.05, 4.69) is 4.98 Å². The van der Waals surface area contributed by atoms with E-state index in [-0.39, 0.29) is 10.9 Å². The fourth-order valence-corrected chi connectivity index (χ4v) is 2.56. The van der Waals surface area contributed by atoms with Crippen molar-refractivity contribution >= 4 is 23.1 Å². The van der Waals surface area contributed by atoms with Crippen LogP contribution in [0, 0.1) is 0 Å². The summed E-state index contributed by atoms with van der Waals surface area (Å²) in [5.74, 6) is 0.220. The fourth-order valence-electron chi connectivity index (χ4n) is 2.38. The molecule has 1 saturated heterocycles. The van der Waals surface area contributed by atoms with E-state index in [1.807, 2.05) is 17.0 Å². The maximum Gasteiger partial charge on any atom is 0.222 e. The molecule has 2 rings (SSSR count). The first kappa shape index (κ1) is 13.9. The van der Waals surface area contributed by atoms with Gasteiger partial charge in [0.25, 0.3) is 0 Å². The van der Waals surface area contributed by atoms with Crippen molar-refractivity contribution in [3.05, 3.63) is 29.6 Å². The first-order chi connectivity index (χ1) is 9.18. The summed E-state index contributed by atoms with van der Waals surface area (Å²) in [6.07, 6.45) is 6.72. The molecule has 0 bridgehead atoms. The molecule has 2 N–H and O–H groups in total. The van der Waals surface area contributed by atoms with E-state index in [1.54, 1.807) is 6.20 Å². The van der Waals surface area contributed by atoms with Crippen LogP contribution >= 0.6 is 12.2 Å². The number of nitrogens with zero attached hydrogens (tertiary/aromatic N) is 2. The van der Waals surface area contributed by atoms with Crippen molar-refractivity contribution in [1.29, 1.82) is 0 Å². The van der Waals surface area contributed by atoms with Gasteiger partial charge in [-0.15, -0.1) is 0 Å². The number of pyridine rings is 1. The predicted octanol–water partition coefficient (Wildman–Crippen LogP) is 2.01. The quantitative estimate of drug-likeness (QED) is 0.859. The van der Waals surface area contributed by atoms with Crippen LogP contribution in [0.15, 0.2) is 18.3 Å². The molecule has 4 nitrogen and oxygen atoms in total. The number of thiocarbonyl (C=S) groups is 1. The van der Waals surface area contributed by atoms with Crippen LogP contribution in [0.4, 0.5) is 0 Å². The average Bonchev–Trinajstić information content (AvgIpc) is 2.39. The van der Waals surface area contributed by atoms with E-state index >= 15 is 0 Å². The van der Waals surface area contributed by atoms with Gasteiger partial charge in [0, 0.05) is 31.3 Å². The van der Waals surface area contributed by atoms with Crippen molar-refractivity contribution in [2.75, 3.05) is 6.54 Å². The maximum atomic E-state index is 12.1. The minimum Gasteiger partial charge on any atom is -0.388 e. The average molecular weight is 277 g/mol. The highest BCUT2D eigenvalue weighted by Gasteiger charge is 2.17. The Morgan fingerprint density at radius 1 is 1.37 bits per heavy atom. The van der Waals surface area contributed by atoms with Gasteiger partial charge in [-0.2, -0.15) is 0 Å². The highest BCUT2D eigenvalue weighted by atomic mass is 32.1. The van der Waals surface area contributed by atoms with Gasteiger partial charge in [0.2, 0.25) is 5.91 Å². The molecule has 1 amide bonds. The Morgan fingerprint density at radius 3 is 2.95 bits per heavy atom. The zero-order valence-electron chi connectivity index (χ0n) is 11.0. The lowest BCUT2D eigenvalue weighted by atomic mass is 10.1. The van der Waals surface area contributed by atoms with Gasteiger partial charge in [-0.3, -0.25) is 9.78 Å². The summed E-state index contributed by atoms with van der Waals surface area (Å²) in [6.45, 7) is 1.36. The molecule has 102 valence electrons. The summed E-state index contributed by atoms with van der Waals surface area (Å²) >= 11 is 5.01. The molecule has 5 heteroatoms. The Balaban J connectivity index is 2.14. The largest absolute Gasteiger partial charge is 0.388 e. The van der Waals surface area contributed by atoms with Gasteiger partial charge < -0.3 is 10.6 Å². The predicted molar refractivity (Wildman–Crippen MR) is 78.6 cm³/mol. The van der Waals surface area contributed by atoms with Crippen LogP contribution in [0.5, 0.6) is 0 Å². The first-order valence-corrected chi connectivity index (χ1v) is 7.11. The zero-order valence-corrected chi connectivity index (χ0v) is 11.8. The molecule has 0 aliphatic carbocycles. The lowest BCUT2D eigenvalue weighted by Gasteiger charge is -2.25. The second-order valence-electron chi connectivity index (χ2n) is 4.85. The van der Waals surface area contributed by atoms with Crippen molar-refractivity contribution in [3.63, 3.8) is 0 Å². The monoisotopic (exact) mass is 277 g/mol. The topological polar surface area (TPSA) is 59.2 Å². The number of likely N-dealkylation sites (tertiary alicyclic amines) is 1. The van der Waals surface area contributed by atoms with Gasteiger partial charge in [0.1, 0.15) is 10.7 Å². The highest BCUT2D eigenvalue weighted by molar-refractivity contribution is 7.80. The van der Waals surface area contributed by atoms with Crippen molar-refractivity contribution < 1.29 is 4.79 Å². The van der Waals surface area contributed by atoms with Crippen LogP contribution < -0.4 is 5.73 Å². The number of carbonyl (C=O) groups is 1. The molecule has 0 spiro atoms. The molecule has 19 heavy (non-hydrogen) atoms. The van der Waals surface area contributed by atoms with Gasteiger partial charge in [-0.1, -0.05) is 31.1 Å². The normalized spacial score (nSPS) is 16.8. The SMILES string of the molecule is NC(=S)c1ncccc1CN1CCCCCCC1=O. The molecule has 0 aromatic carbocycles. The molecule has 0 saturated carbocycles. The Kier molecular flexibility index (Phi) is 4.85. The minimum atomic E-state index is 0.220. The van der Waals surface area contributed by atoms with Crippen LogP contribution in [-0.2, 0) is 11.3 Å². The molecular weight excluding hydrogens is 258 g/mol. The van der Waals surface area contributed by atoms with Crippen molar-refractivity contribution in [1.82, 2.24) is 9.88 Å². The third-order valence-corrected chi connectivity index (χ3v) is 3.60. The highest BCUT2D eigenvalue weighted by Crippen LogP contribution is 2.16. The molecular formula is C14H19N3OS. The lowest BCUT2D eigenvalue weighted by Crippen LogP contribution is -2.33. The second kappa shape index (κ2) is 6.61. The number of hydrogen-bond donors (Lipinski definition) is 1. The molecule has 2 heterocycles. The third kappa shape index (κ3) is 3.73. The summed E-state index contributed by atoms with van der Waals surface area (Å²) in [5.41, 5.74) is 7.24. The van der Waals surface area contributed by atoms with E-state index in [0.717, 1.165) is 31.4 Å². The third-order valence-electron chi connectivity index (χ3n) is 3.41. The molecule has 1 aliphatic heterocycles. The zero-order chi connectivity index (χ0) is 13.7. The number of carbonyl (C=O) groups excluding carboxylic acids is 1. The smallest absolute Gasteiger partial charge is 0.222 e. The lowest BCUT2D eigenvalue weighted by molar-refractivity contribution is -0.132. The Morgan fingerprint density at radius 2 is 2.16 bits per heavy atom. The molecule has 1 aliphatic rings. The standard InChI is InChI=1S/C14H19N3OS/c15-14(19)13-11(6-5-8-16-13)10-17-9-4-2-1-3-7-12(17)18/h5-6,8H,1-4,7,9-10H2,(H2,15,19). The molecule has 1 aromatic rings. The van der Waals surface area contributed by atoms with E-state index in [1.165, 1.54) is 6.42 Å². The Hall–Kier alpha value is -1.49. The van der Waals surface area contributed by atoms with E-state index in [9.17, 15) is 4.79 Å². The summed E-state index contributed by atoms with van der Waals surface area (Å²) in [6, 6.07) is 3.79. The molecule has 1 aromatic heterocycles. The van der Waals surface area contributed by atoms with E-state index in [4.69, 9.17) is 18.0 Å². The summed E-state index contributed by atoms with van der Waals surface area (Å²) in [7, 11) is 0. The van der Waals surface area contributed by atoms with Crippen molar-refractivity contribution in [2.24, 2.45) is 5.73 Å². The van der Waals surface area contributed by atoms with Crippen molar-refractivity contribution in [2.45, 2.75) is 38.6 Å². The summed E-state index contributed by atoms with van der Waals surface area (Å²) < 4.78 is 0. The fraction of sp³-hybridized carbons (Fsp3) is 0.500. The van der Waals surface area contributed by atoms with Gasteiger partial charge >= 0.3 is 0 Å². The summed E-state index contributed by atoms with van der Waals surface area (Å²) in [4.78, 5) is 18.5. The van der Waals surface area contributed by atoms with Gasteiger partial charge in [0.15, 0.2) is 0 Å². The number of aromatic nitrogens is 1.